The summed E-state index contributed by atoms with van der Waals surface area (Å²) < 4.78 is 13.0. The Hall–Kier alpha value is -0.600. The van der Waals surface area contributed by atoms with Gasteiger partial charge in [-0.2, -0.15) is 0 Å². The standard InChI is InChI=1S/C15H20ClFO/c1-15(18,12-5-3-2-4-6-12)10-11-7-8-13(17)9-14(11)16/h7-9,12,18H,2-6,10H2,1H3. The van der Waals surface area contributed by atoms with Gasteiger partial charge in [-0.3, -0.25) is 0 Å². The lowest BCUT2D eigenvalue weighted by molar-refractivity contribution is -0.0159. The highest BCUT2D eigenvalue weighted by Crippen LogP contribution is 2.35. The van der Waals surface area contributed by atoms with Crippen molar-refractivity contribution in [2.75, 3.05) is 0 Å². The van der Waals surface area contributed by atoms with Crippen LogP contribution in [0.2, 0.25) is 5.02 Å². The second kappa shape index (κ2) is 5.58. The molecule has 0 radical (unpaired) electrons. The molecule has 0 saturated heterocycles. The van der Waals surface area contributed by atoms with Gasteiger partial charge in [-0.25, -0.2) is 4.39 Å². The van der Waals surface area contributed by atoms with Crippen molar-refractivity contribution in [1.82, 2.24) is 0 Å². The highest BCUT2D eigenvalue weighted by Gasteiger charge is 2.33. The van der Waals surface area contributed by atoms with Crippen LogP contribution in [-0.2, 0) is 6.42 Å². The van der Waals surface area contributed by atoms with E-state index in [2.05, 4.69) is 0 Å². The predicted molar refractivity (Wildman–Crippen MR) is 72.3 cm³/mol. The van der Waals surface area contributed by atoms with Crippen LogP contribution >= 0.6 is 11.6 Å². The van der Waals surface area contributed by atoms with Crippen molar-refractivity contribution in [2.45, 2.75) is 51.0 Å². The number of benzene rings is 1. The van der Waals surface area contributed by atoms with Crippen LogP contribution in [0.3, 0.4) is 0 Å². The number of halogens is 2. The van der Waals surface area contributed by atoms with Gasteiger partial charge in [0.25, 0.3) is 0 Å². The van der Waals surface area contributed by atoms with E-state index in [9.17, 15) is 9.50 Å². The van der Waals surface area contributed by atoms with Crippen molar-refractivity contribution in [3.05, 3.63) is 34.6 Å². The molecule has 1 N–H and O–H groups in total. The van der Waals surface area contributed by atoms with Crippen LogP contribution in [0, 0.1) is 11.7 Å². The molecule has 1 aliphatic rings. The topological polar surface area (TPSA) is 20.2 Å². The summed E-state index contributed by atoms with van der Waals surface area (Å²) >= 11 is 6.02. The summed E-state index contributed by atoms with van der Waals surface area (Å²) in [6, 6.07) is 4.39. The van der Waals surface area contributed by atoms with E-state index in [0.717, 1.165) is 18.4 Å². The molecule has 18 heavy (non-hydrogen) atoms. The smallest absolute Gasteiger partial charge is 0.124 e. The Kier molecular flexibility index (Phi) is 4.29. The molecule has 3 heteroatoms. The highest BCUT2D eigenvalue weighted by atomic mass is 35.5. The van der Waals surface area contributed by atoms with E-state index < -0.39 is 5.60 Å². The van der Waals surface area contributed by atoms with Crippen molar-refractivity contribution >= 4 is 11.6 Å². The Balaban J connectivity index is 2.10. The molecule has 2 rings (SSSR count). The van der Waals surface area contributed by atoms with Gasteiger partial charge in [-0.15, -0.1) is 0 Å². The maximum absolute atomic E-state index is 13.0. The van der Waals surface area contributed by atoms with Crippen LogP contribution in [0.5, 0.6) is 0 Å². The first-order valence-electron chi connectivity index (χ1n) is 6.65. The second-order valence-corrected chi connectivity index (χ2v) is 6.01. The summed E-state index contributed by atoms with van der Waals surface area (Å²) in [5, 5.41) is 11.0. The maximum atomic E-state index is 13.0. The van der Waals surface area contributed by atoms with Crippen LogP contribution in [0.25, 0.3) is 0 Å². The predicted octanol–water partition coefficient (Wildman–Crippen LogP) is 4.35. The molecule has 0 aromatic heterocycles. The number of hydrogen-bond acceptors (Lipinski definition) is 1. The summed E-state index contributed by atoms with van der Waals surface area (Å²) in [6.45, 7) is 1.88. The van der Waals surface area contributed by atoms with Crippen molar-refractivity contribution in [3.8, 4) is 0 Å². The summed E-state index contributed by atoms with van der Waals surface area (Å²) in [6.07, 6.45) is 6.30. The Morgan fingerprint density at radius 3 is 2.61 bits per heavy atom. The average Bonchev–Trinajstić information content (AvgIpc) is 2.34. The van der Waals surface area contributed by atoms with Crippen LogP contribution in [0.1, 0.15) is 44.6 Å². The van der Waals surface area contributed by atoms with Crippen LogP contribution in [0.15, 0.2) is 18.2 Å². The van der Waals surface area contributed by atoms with Gasteiger partial charge < -0.3 is 5.11 Å². The summed E-state index contributed by atoms with van der Waals surface area (Å²) in [5.74, 6) is -0.00608. The number of aliphatic hydroxyl groups is 1. The molecule has 1 nitrogen and oxygen atoms in total. The van der Waals surface area contributed by atoms with E-state index in [1.807, 2.05) is 6.92 Å². The molecule has 0 spiro atoms. The molecular weight excluding hydrogens is 251 g/mol. The molecule has 1 fully saturated rings. The molecule has 0 amide bonds. The van der Waals surface area contributed by atoms with E-state index in [1.54, 1.807) is 6.07 Å². The van der Waals surface area contributed by atoms with Crippen molar-refractivity contribution < 1.29 is 9.50 Å². The van der Waals surface area contributed by atoms with Gasteiger partial charge in [0.1, 0.15) is 5.82 Å². The minimum Gasteiger partial charge on any atom is -0.390 e. The van der Waals surface area contributed by atoms with Crippen LogP contribution in [0.4, 0.5) is 4.39 Å². The first-order valence-corrected chi connectivity index (χ1v) is 7.03. The van der Waals surface area contributed by atoms with E-state index in [-0.39, 0.29) is 5.82 Å². The molecule has 0 aliphatic heterocycles. The first-order chi connectivity index (χ1) is 8.49. The summed E-state index contributed by atoms with van der Waals surface area (Å²) in [5.41, 5.74) is 0.0793. The molecule has 1 aromatic rings. The third-order valence-electron chi connectivity index (χ3n) is 4.05. The third-order valence-corrected chi connectivity index (χ3v) is 4.40. The van der Waals surface area contributed by atoms with E-state index >= 15 is 0 Å². The van der Waals surface area contributed by atoms with Gasteiger partial charge in [0, 0.05) is 11.4 Å². The van der Waals surface area contributed by atoms with Crippen molar-refractivity contribution in [1.29, 1.82) is 0 Å². The summed E-state index contributed by atoms with van der Waals surface area (Å²) in [4.78, 5) is 0. The molecule has 1 aliphatic carbocycles. The summed E-state index contributed by atoms with van der Waals surface area (Å²) in [7, 11) is 0. The Morgan fingerprint density at radius 1 is 1.33 bits per heavy atom. The zero-order valence-electron chi connectivity index (χ0n) is 10.8. The zero-order chi connectivity index (χ0) is 13.2. The lowest BCUT2D eigenvalue weighted by Crippen LogP contribution is -2.38. The molecule has 0 bridgehead atoms. The third kappa shape index (κ3) is 3.24. The molecule has 1 unspecified atom stereocenters. The first kappa shape index (κ1) is 13.8. The molecule has 0 heterocycles. The average molecular weight is 271 g/mol. The van der Waals surface area contributed by atoms with Gasteiger partial charge in [-0.1, -0.05) is 36.9 Å². The van der Waals surface area contributed by atoms with Crippen molar-refractivity contribution in [2.24, 2.45) is 5.92 Å². The lowest BCUT2D eigenvalue weighted by Gasteiger charge is -2.36. The van der Waals surface area contributed by atoms with E-state index in [0.29, 0.717) is 17.4 Å². The fraction of sp³-hybridized carbons (Fsp3) is 0.600. The Bertz CT molecular complexity index is 411. The van der Waals surface area contributed by atoms with Crippen LogP contribution in [-0.4, -0.2) is 10.7 Å². The molecule has 100 valence electrons. The molecular formula is C15H20ClFO. The highest BCUT2D eigenvalue weighted by molar-refractivity contribution is 6.31. The normalized spacial score (nSPS) is 20.7. The zero-order valence-corrected chi connectivity index (χ0v) is 11.5. The molecule has 1 atom stereocenters. The minimum atomic E-state index is -0.748. The lowest BCUT2D eigenvalue weighted by atomic mass is 9.75. The Labute approximate surface area is 113 Å². The number of rotatable bonds is 3. The fourth-order valence-corrected chi connectivity index (χ4v) is 3.15. The monoisotopic (exact) mass is 270 g/mol. The molecule has 1 saturated carbocycles. The number of hydrogen-bond donors (Lipinski definition) is 1. The fourth-order valence-electron chi connectivity index (χ4n) is 2.92. The SMILES string of the molecule is CC(O)(Cc1ccc(F)cc1Cl)C1CCCCC1. The van der Waals surface area contributed by atoms with Crippen LogP contribution < -0.4 is 0 Å². The maximum Gasteiger partial charge on any atom is 0.124 e. The van der Waals surface area contributed by atoms with E-state index in [4.69, 9.17) is 11.6 Å². The van der Waals surface area contributed by atoms with Gasteiger partial charge in [-0.05, 0) is 43.4 Å². The van der Waals surface area contributed by atoms with Gasteiger partial charge in [0.15, 0.2) is 0 Å². The molecule has 1 aromatic carbocycles. The quantitative estimate of drug-likeness (QED) is 0.866. The van der Waals surface area contributed by atoms with E-state index in [1.165, 1.54) is 31.4 Å². The minimum absolute atomic E-state index is 0.326. The van der Waals surface area contributed by atoms with Gasteiger partial charge in [0.05, 0.1) is 5.60 Å². The largest absolute Gasteiger partial charge is 0.390 e. The second-order valence-electron chi connectivity index (χ2n) is 5.60. The van der Waals surface area contributed by atoms with Gasteiger partial charge in [0.2, 0.25) is 0 Å². The van der Waals surface area contributed by atoms with Gasteiger partial charge >= 0.3 is 0 Å². The van der Waals surface area contributed by atoms with Crippen molar-refractivity contribution in [3.63, 3.8) is 0 Å². The Morgan fingerprint density at radius 2 is 2.00 bits per heavy atom.